The van der Waals surface area contributed by atoms with Gasteiger partial charge in [-0.25, -0.2) is 0 Å². The summed E-state index contributed by atoms with van der Waals surface area (Å²) >= 11 is 8.68. The van der Waals surface area contributed by atoms with Crippen LogP contribution < -0.4 is 10.6 Å². The van der Waals surface area contributed by atoms with E-state index in [1.165, 1.54) is 0 Å². The summed E-state index contributed by atoms with van der Waals surface area (Å²) in [6.45, 7) is 6.48. The van der Waals surface area contributed by atoms with E-state index >= 15 is 0 Å². The van der Waals surface area contributed by atoms with Gasteiger partial charge in [-0.05, 0) is 85.3 Å². The molecule has 0 N–H and O–H groups in total. The van der Waals surface area contributed by atoms with Crippen LogP contribution in [-0.2, 0) is 29.7 Å². The summed E-state index contributed by atoms with van der Waals surface area (Å²) in [5.41, 5.74) is 3.94. The number of thiol groups is 2. The first kappa shape index (κ1) is 34.2. The van der Waals surface area contributed by atoms with Crippen molar-refractivity contribution < 1.29 is 27.8 Å². The molecule has 0 saturated heterocycles. The molecule has 0 aromatic heterocycles. The molecule has 2 atom stereocenters. The number of hydrogen-bond acceptors (Lipinski definition) is 8. The molecule has 10 heteroatoms. The Kier molecular flexibility index (Phi) is 11.3. The standard InChI is InChI=1S/C34H36O6P2S2/c1-23-17-27(21-43)18-24(2)31(23)33(35)41(37,29-11-7-5-8-12-29)39-15-16-40-42(38,30-13-9-6-10-14-30)34(36)32-25(3)19-28(22-44)20-26(32)4/h5-14,17-20,43-44H,15-16,21-22H2,1-4H3. The van der Waals surface area contributed by atoms with Crippen molar-refractivity contribution in [1.29, 1.82) is 0 Å². The number of hydrogen-bond donors (Lipinski definition) is 2. The Morgan fingerprint density at radius 3 is 1.14 bits per heavy atom. The minimum absolute atomic E-state index is 0.236. The highest BCUT2D eigenvalue weighted by atomic mass is 32.1. The molecule has 0 fully saturated rings. The molecule has 0 aliphatic rings. The van der Waals surface area contributed by atoms with Crippen molar-refractivity contribution in [2.75, 3.05) is 13.2 Å². The minimum atomic E-state index is -4.14. The molecule has 4 aromatic rings. The van der Waals surface area contributed by atoms with E-state index in [0.29, 0.717) is 44.9 Å². The Morgan fingerprint density at radius 2 is 0.864 bits per heavy atom. The highest BCUT2D eigenvalue weighted by molar-refractivity contribution is 7.84. The summed E-state index contributed by atoms with van der Waals surface area (Å²) in [5, 5.41) is 0.472. The highest BCUT2D eigenvalue weighted by Gasteiger charge is 2.40. The average Bonchev–Trinajstić information content (AvgIpc) is 3.02. The SMILES string of the molecule is Cc1cc(CS)cc(C)c1C(=O)P(=O)(OCCOP(=O)(C(=O)c1c(C)cc(CS)cc1C)c1ccccc1)c1ccccc1. The van der Waals surface area contributed by atoms with Crippen molar-refractivity contribution >= 4 is 61.7 Å². The van der Waals surface area contributed by atoms with Crippen LogP contribution in [0, 0.1) is 27.7 Å². The van der Waals surface area contributed by atoms with E-state index in [-0.39, 0.29) is 23.8 Å². The van der Waals surface area contributed by atoms with Crippen molar-refractivity contribution in [2.24, 2.45) is 0 Å². The molecule has 0 bridgehead atoms. The van der Waals surface area contributed by atoms with Crippen molar-refractivity contribution in [3.05, 3.63) is 129 Å². The molecule has 0 heterocycles. The summed E-state index contributed by atoms with van der Waals surface area (Å²) in [7, 11) is -8.28. The van der Waals surface area contributed by atoms with E-state index < -0.39 is 25.8 Å². The molecule has 0 aliphatic carbocycles. The maximum absolute atomic E-state index is 14.5. The molecule has 0 spiro atoms. The Labute approximate surface area is 270 Å². The Bertz CT molecular complexity index is 1600. The molecule has 44 heavy (non-hydrogen) atoms. The van der Waals surface area contributed by atoms with Gasteiger partial charge in [-0.2, -0.15) is 25.3 Å². The van der Waals surface area contributed by atoms with Crippen LogP contribution in [0.25, 0.3) is 0 Å². The molecule has 0 aliphatic heterocycles. The van der Waals surface area contributed by atoms with E-state index in [1.54, 1.807) is 88.4 Å². The second-order valence-corrected chi connectivity index (χ2v) is 15.8. The molecule has 2 unspecified atom stereocenters. The number of rotatable bonds is 13. The van der Waals surface area contributed by atoms with E-state index in [1.807, 2.05) is 24.3 Å². The van der Waals surface area contributed by atoms with Crippen LogP contribution in [0.5, 0.6) is 0 Å². The third-order valence-electron chi connectivity index (χ3n) is 7.33. The Balaban J connectivity index is 1.65. The molecular formula is C34H36O6P2S2. The fraction of sp³-hybridized carbons (Fsp3) is 0.235. The lowest BCUT2D eigenvalue weighted by molar-refractivity contribution is 0.103. The van der Waals surface area contributed by atoms with Gasteiger partial charge in [0.1, 0.15) is 0 Å². The normalized spacial score (nSPS) is 14.0. The third-order valence-corrected chi connectivity index (χ3v) is 12.6. The minimum Gasteiger partial charge on any atom is -0.317 e. The fourth-order valence-electron chi connectivity index (χ4n) is 5.34. The molecule has 4 aromatic carbocycles. The van der Waals surface area contributed by atoms with Crippen molar-refractivity contribution in [3.8, 4) is 0 Å². The van der Waals surface area contributed by atoms with Gasteiger partial charge >= 0.3 is 14.7 Å². The quantitative estimate of drug-likeness (QED) is 0.0855. The number of benzene rings is 4. The lowest BCUT2D eigenvalue weighted by atomic mass is 10.0. The van der Waals surface area contributed by atoms with Crippen LogP contribution in [0.3, 0.4) is 0 Å². The zero-order valence-electron chi connectivity index (χ0n) is 25.1. The Hall–Kier alpha value is -2.70. The van der Waals surface area contributed by atoms with Gasteiger partial charge in [0.15, 0.2) is 0 Å². The molecular weight excluding hydrogens is 630 g/mol. The van der Waals surface area contributed by atoms with E-state index in [2.05, 4.69) is 25.3 Å². The summed E-state index contributed by atoms with van der Waals surface area (Å²) in [5.74, 6) is 0.998. The predicted octanol–water partition coefficient (Wildman–Crippen LogP) is 8.00. The topological polar surface area (TPSA) is 86.7 Å². The van der Waals surface area contributed by atoms with Crippen LogP contribution in [0.15, 0.2) is 84.9 Å². The Morgan fingerprint density at radius 1 is 0.568 bits per heavy atom. The van der Waals surface area contributed by atoms with Gasteiger partial charge in [0, 0.05) is 33.2 Å². The summed E-state index contributed by atoms with van der Waals surface area (Å²) < 4.78 is 40.8. The molecule has 0 radical (unpaired) electrons. The zero-order chi connectivity index (χ0) is 32.1. The zero-order valence-corrected chi connectivity index (χ0v) is 28.7. The van der Waals surface area contributed by atoms with Crippen LogP contribution in [0.2, 0.25) is 0 Å². The smallest absolute Gasteiger partial charge is 0.300 e. The molecule has 0 amide bonds. The maximum atomic E-state index is 14.5. The van der Waals surface area contributed by atoms with Crippen molar-refractivity contribution in [1.82, 2.24) is 0 Å². The van der Waals surface area contributed by atoms with Gasteiger partial charge in [-0.15, -0.1) is 0 Å². The summed E-state index contributed by atoms with van der Waals surface area (Å²) in [6.07, 6.45) is 0. The molecule has 4 rings (SSSR count). The number of carbonyl (C=O) groups is 2. The van der Waals surface area contributed by atoms with Crippen molar-refractivity contribution in [2.45, 2.75) is 39.2 Å². The second-order valence-electron chi connectivity index (χ2n) is 10.6. The van der Waals surface area contributed by atoms with Crippen LogP contribution in [-0.4, -0.2) is 24.3 Å². The first-order valence-corrected chi connectivity index (χ1v) is 18.6. The lowest BCUT2D eigenvalue weighted by Gasteiger charge is -2.22. The fourth-order valence-corrected chi connectivity index (χ4v) is 9.79. The predicted molar refractivity (Wildman–Crippen MR) is 185 cm³/mol. The second kappa shape index (κ2) is 14.6. The first-order valence-electron chi connectivity index (χ1n) is 14.1. The van der Waals surface area contributed by atoms with Gasteiger partial charge in [-0.1, -0.05) is 60.7 Å². The molecule has 230 valence electrons. The first-order chi connectivity index (χ1) is 21.0. The van der Waals surface area contributed by atoms with Gasteiger partial charge in [0.2, 0.25) is 0 Å². The van der Waals surface area contributed by atoms with E-state index in [4.69, 9.17) is 9.05 Å². The van der Waals surface area contributed by atoms with Crippen LogP contribution >= 0.6 is 40.0 Å². The van der Waals surface area contributed by atoms with Crippen LogP contribution in [0.1, 0.15) is 54.1 Å². The molecule has 0 saturated carbocycles. The summed E-state index contributed by atoms with van der Waals surface area (Å²) in [6, 6.07) is 24.0. The van der Waals surface area contributed by atoms with Crippen molar-refractivity contribution in [3.63, 3.8) is 0 Å². The van der Waals surface area contributed by atoms with Gasteiger partial charge in [0.25, 0.3) is 11.0 Å². The van der Waals surface area contributed by atoms with Gasteiger partial charge in [0.05, 0.1) is 13.2 Å². The largest absolute Gasteiger partial charge is 0.317 e. The van der Waals surface area contributed by atoms with E-state index in [9.17, 15) is 18.7 Å². The number of aryl methyl sites for hydroxylation is 4. The number of carbonyl (C=O) groups excluding carboxylic acids is 2. The van der Waals surface area contributed by atoms with E-state index in [0.717, 1.165) is 11.1 Å². The average molecular weight is 667 g/mol. The lowest BCUT2D eigenvalue weighted by Crippen LogP contribution is -2.21. The van der Waals surface area contributed by atoms with Gasteiger partial charge < -0.3 is 9.05 Å². The maximum Gasteiger partial charge on any atom is 0.300 e. The van der Waals surface area contributed by atoms with Gasteiger partial charge in [-0.3, -0.25) is 18.7 Å². The third kappa shape index (κ3) is 7.07. The highest BCUT2D eigenvalue weighted by Crippen LogP contribution is 2.52. The monoisotopic (exact) mass is 666 g/mol. The van der Waals surface area contributed by atoms with Crippen LogP contribution in [0.4, 0.5) is 0 Å². The molecule has 6 nitrogen and oxygen atoms in total. The summed E-state index contributed by atoms with van der Waals surface area (Å²) in [4.78, 5) is 28.0.